The minimum absolute atomic E-state index is 0.0615. The van der Waals surface area contributed by atoms with Crippen molar-refractivity contribution < 1.29 is 4.39 Å². The molecule has 0 bridgehead atoms. The van der Waals surface area contributed by atoms with Crippen LogP contribution in [0.2, 0.25) is 0 Å². The third-order valence-electron chi connectivity index (χ3n) is 4.48. The first-order chi connectivity index (χ1) is 11.2. The summed E-state index contributed by atoms with van der Waals surface area (Å²) < 4.78 is 15.1. The molecular formula is C17H17FN4O. The molecule has 5 nitrogen and oxygen atoms in total. The zero-order valence-electron chi connectivity index (χ0n) is 12.6. The fourth-order valence-electron chi connectivity index (χ4n) is 3.36. The molecule has 0 amide bonds. The van der Waals surface area contributed by atoms with E-state index in [-0.39, 0.29) is 11.7 Å². The van der Waals surface area contributed by atoms with Gasteiger partial charge in [0.1, 0.15) is 5.82 Å². The second-order valence-corrected chi connectivity index (χ2v) is 5.85. The Balaban J connectivity index is 1.57. The predicted molar refractivity (Wildman–Crippen MR) is 87.2 cm³/mol. The van der Waals surface area contributed by atoms with Crippen molar-refractivity contribution in [2.24, 2.45) is 0 Å². The van der Waals surface area contributed by atoms with E-state index in [2.05, 4.69) is 14.9 Å². The van der Waals surface area contributed by atoms with E-state index in [1.165, 1.54) is 6.07 Å². The van der Waals surface area contributed by atoms with E-state index >= 15 is 0 Å². The highest BCUT2D eigenvalue weighted by atomic mass is 19.1. The second-order valence-electron chi connectivity index (χ2n) is 5.85. The molecular weight excluding hydrogens is 295 g/mol. The standard InChI is InChI=1S/C17H17FN4O/c18-15-6-3-7-16(20-15)21-10-8-12(9-11-21)22-14-5-2-1-4-13(14)19-17(22)23/h1-7,12H,8-11H2,(H,19,23). The van der Waals surface area contributed by atoms with Gasteiger partial charge in [-0.05, 0) is 37.1 Å². The lowest BCUT2D eigenvalue weighted by Crippen LogP contribution is -2.37. The summed E-state index contributed by atoms with van der Waals surface area (Å²) >= 11 is 0. The fourth-order valence-corrected chi connectivity index (χ4v) is 3.36. The highest BCUT2D eigenvalue weighted by Gasteiger charge is 2.24. The minimum atomic E-state index is -0.461. The molecule has 1 aliphatic rings. The summed E-state index contributed by atoms with van der Waals surface area (Å²) in [6, 6.07) is 12.7. The van der Waals surface area contributed by atoms with E-state index in [0.717, 1.165) is 37.0 Å². The van der Waals surface area contributed by atoms with Gasteiger partial charge in [0.15, 0.2) is 0 Å². The molecule has 0 spiro atoms. The molecule has 1 aliphatic heterocycles. The van der Waals surface area contributed by atoms with Crippen LogP contribution in [-0.4, -0.2) is 27.6 Å². The number of nitrogens with one attached hydrogen (secondary N) is 1. The Kier molecular flexibility index (Phi) is 3.37. The summed E-state index contributed by atoms with van der Waals surface area (Å²) in [7, 11) is 0. The van der Waals surface area contributed by atoms with Crippen molar-refractivity contribution >= 4 is 16.9 Å². The van der Waals surface area contributed by atoms with Crippen LogP contribution >= 0.6 is 0 Å². The zero-order chi connectivity index (χ0) is 15.8. The molecule has 3 heterocycles. The average Bonchev–Trinajstić information content (AvgIpc) is 2.91. The fraction of sp³-hybridized carbons (Fsp3) is 0.294. The van der Waals surface area contributed by atoms with Crippen LogP contribution in [0, 0.1) is 5.95 Å². The lowest BCUT2D eigenvalue weighted by Gasteiger charge is -2.33. The number of piperidine rings is 1. The van der Waals surface area contributed by atoms with E-state index in [1.807, 2.05) is 34.9 Å². The number of imidazole rings is 1. The lowest BCUT2D eigenvalue weighted by molar-refractivity contribution is 0.394. The van der Waals surface area contributed by atoms with Crippen LogP contribution in [-0.2, 0) is 0 Å². The van der Waals surface area contributed by atoms with Crippen molar-refractivity contribution in [2.45, 2.75) is 18.9 Å². The first-order valence-electron chi connectivity index (χ1n) is 7.79. The number of hydrogen-bond donors (Lipinski definition) is 1. The second kappa shape index (κ2) is 5.53. The van der Waals surface area contributed by atoms with Gasteiger partial charge in [-0.2, -0.15) is 4.39 Å². The van der Waals surface area contributed by atoms with Crippen molar-refractivity contribution in [1.82, 2.24) is 14.5 Å². The molecule has 2 aromatic heterocycles. The smallest absolute Gasteiger partial charge is 0.326 e. The van der Waals surface area contributed by atoms with Crippen molar-refractivity contribution in [3.63, 3.8) is 0 Å². The Morgan fingerprint density at radius 3 is 2.65 bits per heavy atom. The van der Waals surface area contributed by atoms with E-state index in [9.17, 15) is 9.18 Å². The summed E-state index contributed by atoms with van der Waals surface area (Å²) in [4.78, 5) is 21.2. The van der Waals surface area contributed by atoms with E-state index in [4.69, 9.17) is 0 Å². The normalized spacial score (nSPS) is 16.1. The monoisotopic (exact) mass is 312 g/mol. The number of fused-ring (bicyclic) bond motifs is 1. The number of pyridine rings is 1. The molecule has 0 atom stereocenters. The molecule has 1 aromatic carbocycles. The zero-order valence-corrected chi connectivity index (χ0v) is 12.6. The van der Waals surface area contributed by atoms with Crippen LogP contribution in [0.4, 0.5) is 10.2 Å². The maximum Gasteiger partial charge on any atom is 0.326 e. The SMILES string of the molecule is O=c1[nH]c2ccccc2n1C1CCN(c2cccc(F)n2)CC1. The van der Waals surface area contributed by atoms with Gasteiger partial charge in [-0.1, -0.05) is 18.2 Å². The van der Waals surface area contributed by atoms with E-state index in [1.54, 1.807) is 6.07 Å². The van der Waals surface area contributed by atoms with Crippen LogP contribution in [0.1, 0.15) is 18.9 Å². The lowest BCUT2D eigenvalue weighted by atomic mass is 10.0. The van der Waals surface area contributed by atoms with Gasteiger partial charge in [0.05, 0.1) is 11.0 Å². The Labute approximate surface area is 132 Å². The summed E-state index contributed by atoms with van der Waals surface area (Å²) in [5.41, 5.74) is 1.75. The summed E-state index contributed by atoms with van der Waals surface area (Å²) in [5.74, 6) is 0.201. The molecule has 1 fully saturated rings. The summed E-state index contributed by atoms with van der Waals surface area (Å²) in [5, 5.41) is 0. The average molecular weight is 312 g/mol. The maximum absolute atomic E-state index is 13.3. The number of H-pyrrole nitrogens is 1. The molecule has 4 rings (SSSR count). The van der Waals surface area contributed by atoms with Crippen molar-refractivity contribution in [1.29, 1.82) is 0 Å². The van der Waals surface area contributed by atoms with Crippen molar-refractivity contribution in [3.8, 4) is 0 Å². The molecule has 23 heavy (non-hydrogen) atoms. The highest BCUT2D eigenvalue weighted by molar-refractivity contribution is 5.75. The Hall–Kier alpha value is -2.63. The van der Waals surface area contributed by atoms with Gasteiger partial charge in [-0.25, -0.2) is 9.78 Å². The van der Waals surface area contributed by atoms with Crippen LogP contribution in [0.15, 0.2) is 47.3 Å². The largest absolute Gasteiger partial charge is 0.356 e. The van der Waals surface area contributed by atoms with Crippen LogP contribution in [0.5, 0.6) is 0 Å². The Morgan fingerprint density at radius 1 is 1.09 bits per heavy atom. The van der Waals surface area contributed by atoms with Crippen molar-refractivity contribution in [3.05, 3.63) is 58.9 Å². The number of anilines is 1. The number of para-hydroxylation sites is 2. The quantitative estimate of drug-likeness (QED) is 0.740. The third-order valence-corrected chi connectivity index (χ3v) is 4.48. The van der Waals surface area contributed by atoms with E-state index in [0.29, 0.717) is 5.82 Å². The molecule has 3 aromatic rings. The topological polar surface area (TPSA) is 53.9 Å². The number of aromatic amines is 1. The Morgan fingerprint density at radius 2 is 1.87 bits per heavy atom. The summed E-state index contributed by atoms with van der Waals surface area (Å²) in [6.07, 6.45) is 1.67. The molecule has 0 saturated carbocycles. The number of halogens is 1. The first kappa shape index (κ1) is 14.0. The molecule has 0 unspecified atom stereocenters. The number of nitrogens with zero attached hydrogens (tertiary/aromatic N) is 3. The van der Waals surface area contributed by atoms with Crippen molar-refractivity contribution in [2.75, 3.05) is 18.0 Å². The van der Waals surface area contributed by atoms with Crippen LogP contribution < -0.4 is 10.6 Å². The molecule has 6 heteroatoms. The van der Waals surface area contributed by atoms with Gasteiger partial charge in [0, 0.05) is 19.1 Å². The Bertz CT molecular complexity index is 893. The minimum Gasteiger partial charge on any atom is -0.356 e. The molecule has 1 saturated heterocycles. The maximum atomic E-state index is 13.3. The highest BCUT2D eigenvalue weighted by Crippen LogP contribution is 2.27. The number of hydrogen-bond acceptors (Lipinski definition) is 3. The third kappa shape index (κ3) is 2.50. The predicted octanol–water partition coefficient (Wildman–Crippen LogP) is 2.71. The van der Waals surface area contributed by atoms with Gasteiger partial charge in [0.25, 0.3) is 0 Å². The van der Waals surface area contributed by atoms with Crippen LogP contribution in [0.25, 0.3) is 11.0 Å². The molecule has 118 valence electrons. The number of benzene rings is 1. The molecule has 0 aliphatic carbocycles. The molecule has 0 radical (unpaired) electrons. The van der Waals surface area contributed by atoms with Gasteiger partial charge < -0.3 is 9.88 Å². The van der Waals surface area contributed by atoms with Crippen LogP contribution in [0.3, 0.4) is 0 Å². The number of rotatable bonds is 2. The number of aromatic nitrogens is 3. The van der Waals surface area contributed by atoms with Gasteiger partial charge in [0.2, 0.25) is 5.95 Å². The van der Waals surface area contributed by atoms with E-state index < -0.39 is 5.95 Å². The van der Waals surface area contributed by atoms with Gasteiger partial charge in [-0.3, -0.25) is 4.57 Å². The molecule has 1 N–H and O–H groups in total. The first-order valence-corrected chi connectivity index (χ1v) is 7.79. The van der Waals surface area contributed by atoms with Gasteiger partial charge in [-0.15, -0.1) is 0 Å². The summed E-state index contributed by atoms with van der Waals surface area (Å²) in [6.45, 7) is 1.51. The van der Waals surface area contributed by atoms with Gasteiger partial charge >= 0.3 is 5.69 Å².